The first-order valence-corrected chi connectivity index (χ1v) is 11.2. The van der Waals surface area contributed by atoms with Crippen LogP contribution in [0.15, 0.2) is 23.3 Å². The molecule has 0 radical (unpaired) electrons. The highest BCUT2D eigenvalue weighted by Gasteiger charge is 2.77. The molecule has 176 valence electrons. The van der Waals surface area contributed by atoms with Crippen molar-refractivity contribution in [3.05, 3.63) is 23.3 Å². The van der Waals surface area contributed by atoms with Crippen LogP contribution < -0.4 is 0 Å². The molecule has 1 unspecified atom stereocenters. The van der Waals surface area contributed by atoms with Crippen molar-refractivity contribution in [2.45, 2.75) is 79.2 Å². The minimum absolute atomic E-state index is 0.0118. The number of esters is 3. The van der Waals surface area contributed by atoms with Crippen molar-refractivity contribution in [2.75, 3.05) is 0 Å². The first-order chi connectivity index (χ1) is 15.0. The van der Waals surface area contributed by atoms with Gasteiger partial charge in [-0.05, 0) is 44.1 Å². The van der Waals surface area contributed by atoms with Gasteiger partial charge in [0.1, 0.15) is 6.10 Å². The van der Waals surface area contributed by atoms with Gasteiger partial charge in [0.05, 0.1) is 6.10 Å². The standard InChI is InChI=1S/C24H32O8/c1-7-11(2)20(28)31-16-10-15-22(30-13(4)26)32-21(29-12(3)25)14-8-9-17-23(5,6)18(16)19(27)24(14,15)17/h7,10,14,16-19,21-22,27H,8-9H2,1-6H3/b11-7-/t14-,16+,17-,18+,19+,21-,22-,24?/m1/s1. The molecule has 0 aromatic heterocycles. The van der Waals surface area contributed by atoms with Crippen LogP contribution in [0.1, 0.15) is 54.4 Å². The van der Waals surface area contributed by atoms with E-state index in [4.69, 9.17) is 18.9 Å². The summed E-state index contributed by atoms with van der Waals surface area (Å²) in [5.41, 5.74) is -0.0991. The molecule has 3 fully saturated rings. The predicted molar refractivity (Wildman–Crippen MR) is 112 cm³/mol. The summed E-state index contributed by atoms with van der Waals surface area (Å²) in [6.45, 7) is 10.2. The van der Waals surface area contributed by atoms with Crippen LogP contribution in [0.25, 0.3) is 0 Å². The number of hydrogen-bond acceptors (Lipinski definition) is 8. The first kappa shape index (κ1) is 23.0. The third-order valence-electron chi connectivity index (χ3n) is 8.13. The van der Waals surface area contributed by atoms with Crippen molar-refractivity contribution in [3.63, 3.8) is 0 Å². The molecular weight excluding hydrogens is 416 g/mol. The molecule has 8 atom stereocenters. The van der Waals surface area contributed by atoms with Gasteiger partial charge in [0.15, 0.2) is 0 Å². The number of fused-ring (bicyclic) bond motifs is 1. The maximum absolute atomic E-state index is 12.6. The van der Waals surface area contributed by atoms with E-state index < -0.39 is 48.1 Å². The lowest BCUT2D eigenvalue weighted by molar-refractivity contribution is -0.282. The lowest BCUT2D eigenvalue weighted by Crippen LogP contribution is -2.59. The van der Waals surface area contributed by atoms with Gasteiger partial charge >= 0.3 is 17.9 Å². The molecule has 32 heavy (non-hydrogen) atoms. The molecule has 3 aliphatic carbocycles. The Morgan fingerprint density at radius 3 is 2.34 bits per heavy atom. The topological polar surface area (TPSA) is 108 Å². The third kappa shape index (κ3) is 3.06. The number of aliphatic hydroxyl groups is 1. The van der Waals surface area contributed by atoms with Crippen molar-refractivity contribution in [1.29, 1.82) is 0 Å². The molecule has 1 N–H and O–H groups in total. The normalized spacial score (nSPS) is 41.4. The summed E-state index contributed by atoms with van der Waals surface area (Å²) in [5.74, 6) is -2.16. The summed E-state index contributed by atoms with van der Waals surface area (Å²) in [5, 5.41) is 11.8. The first-order valence-electron chi connectivity index (χ1n) is 11.2. The second-order valence-electron chi connectivity index (χ2n) is 9.98. The molecule has 1 saturated heterocycles. The second kappa shape index (κ2) is 7.70. The lowest BCUT2D eigenvalue weighted by atomic mass is 9.61. The molecule has 4 rings (SSSR count). The highest BCUT2D eigenvalue weighted by Crippen LogP contribution is 2.74. The Morgan fingerprint density at radius 2 is 1.75 bits per heavy atom. The number of hydrogen-bond donors (Lipinski definition) is 1. The summed E-state index contributed by atoms with van der Waals surface area (Å²) in [6.07, 6.45) is 1.30. The zero-order valence-electron chi connectivity index (χ0n) is 19.4. The van der Waals surface area contributed by atoms with E-state index in [0.29, 0.717) is 17.6 Å². The van der Waals surface area contributed by atoms with Crippen LogP contribution in [0.3, 0.4) is 0 Å². The average Bonchev–Trinajstić information content (AvgIpc) is 3.14. The number of carbonyl (C=O) groups excluding carboxylic acids is 3. The smallest absolute Gasteiger partial charge is 0.333 e. The van der Waals surface area contributed by atoms with Gasteiger partial charge in [0.2, 0.25) is 12.6 Å². The molecule has 0 amide bonds. The van der Waals surface area contributed by atoms with Gasteiger partial charge in [0, 0.05) is 42.2 Å². The predicted octanol–water partition coefficient (Wildman–Crippen LogP) is 2.64. The van der Waals surface area contributed by atoms with E-state index in [1.54, 1.807) is 26.0 Å². The Morgan fingerprint density at radius 1 is 1.09 bits per heavy atom. The highest BCUT2D eigenvalue weighted by molar-refractivity contribution is 5.87. The van der Waals surface area contributed by atoms with E-state index in [2.05, 4.69) is 13.8 Å². The molecule has 1 aliphatic heterocycles. The van der Waals surface area contributed by atoms with Gasteiger partial charge in [-0.2, -0.15) is 0 Å². The maximum Gasteiger partial charge on any atom is 0.333 e. The molecule has 8 heteroatoms. The fraction of sp³-hybridized carbons (Fsp3) is 0.708. The van der Waals surface area contributed by atoms with Crippen molar-refractivity contribution in [3.8, 4) is 0 Å². The van der Waals surface area contributed by atoms with Gasteiger partial charge < -0.3 is 19.3 Å². The van der Waals surface area contributed by atoms with E-state index in [0.717, 1.165) is 6.42 Å². The van der Waals surface area contributed by atoms with E-state index in [9.17, 15) is 19.5 Å². The summed E-state index contributed by atoms with van der Waals surface area (Å²) < 4.78 is 22.8. The van der Waals surface area contributed by atoms with E-state index >= 15 is 0 Å². The molecule has 4 aliphatic rings. The summed E-state index contributed by atoms with van der Waals surface area (Å²) >= 11 is 0. The monoisotopic (exact) mass is 448 g/mol. The minimum Gasteiger partial charge on any atom is -0.454 e. The van der Waals surface area contributed by atoms with Crippen molar-refractivity contribution >= 4 is 17.9 Å². The molecule has 0 aromatic rings. The molecule has 1 heterocycles. The van der Waals surface area contributed by atoms with Gasteiger partial charge in [-0.15, -0.1) is 0 Å². The van der Waals surface area contributed by atoms with Crippen molar-refractivity contribution < 1.29 is 38.4 Å². The summed E-state index contributed by atoms with van der Waals surface area (Å²) in [6, 6.07) is 0. The van der Waals surface area contributed by atoms with E-state index in [-0.39, 0.29) is 23.2 Å². The zero-order chi connectivity index (χ0) is 23.6. The van der Waals surface area contributed by atoms with Gasteiger partial charge in [-0.25, -0.2) is 4.79 Å². The molecule has 2 saturated carbocycles. The number of rotatable bonds is 4. The van der Waals surface area contributed by atoms with Crippen LogP contribution >= 0.6 is 0 Å². The van der Waals surface area contributed by atoms with Crippen LogP contribution in [0, 0.1) is 28.6 Å². The van der Waals surface area contributed by atoms with Crippen molar-refractivity contribution in [2.24, 2.45) is 28.6 Å². The summed E-state index contributed by atoms with van der Waals surface area (Å²) in [4.78, 5) is 36.3. The number of carbonyl (C=O) groups is 3. The second-order valence-corrected chi connectivity index (χ2v) is 9.98. The molecule has 2 bridgehead atoms. The number of ether oxygens (including phenoxy) is 4. The lowest BCUT2D eigenvalue weighted by Gasteiger charge is -2.52. The molecule has 1 spiro atoms. The number of allylic oxidation sites excluding steroid dienone is 1. The Balaban J connectivity index is 1.85. The highest BCUT2D eigenvalue weighted by atomic mass is 16.8. The van der Waals surface area contributed by atoms with E-state index in [1.807, 2.05) is 0 Å². The minimum atomic E-state index is -1.14. The van der Waals surface area contributed by atoms with Gasteiger partial charge in [-0.3, -0.25) is 14.3 Å². The van der Waals surface area contributed by atoms with Gasteiger partial charge in [0.25, 0.3) is 0 Å². The Kier molecular flexibility index (Phi) is 5.53. The molecule has 0 aromatic carbocycles. The van der Waals surface area contributed by atoms with Crippen molar-refractivity contribution in [1.82, 2.24) is 0 Å². The Hall–Kier alpha value is -2.19. The van der Waals surface area contributed by atoms with Crippen LogP contribution in [0.5, 0.6) is 0 Å². The van der Waals surface area contributed by atoms with Crippen LogP contribution in [0.4, 0.5) is 0 Å². The van der Waals surface area contributed by atoms with Crippen LogP contribution in [-0.4, -0.2) is 47.8 Å². The fourth-order valence-corrected chi connectivity index (χ4v) is 6.94. The average molecular weight is 449 g/mol. The number of aliphatic hydroxyl groups excluding tert-OH is 1. The van der Waals surface area contributed by atoms with Crippen LogP contribution in [-0.2, 0) is 33.3 Å². The summed E-state index contributed by atoms with van der Waals surface area (Å²) in [7, 11) is 0. The SMILES string of the molecule is C/C=C(/C)C(=O)O[C@H]1C=C2[C@H](OC(C)=O)O[C@@H](OC(C)=O)[C@H]3CC[C@@H]4C(C)(C)[C@@H]1[C@H](O)C234. The van der Waals surface area contributed by atoms with Gasteiger partial charge in [-0.1, -0.05) is 19.9 Å². The maximum atomic E-state index is 12.6. The molecular formula is C24H32O8. The largest absolute Gasteiger partial charge is 0.454 e. The third-order valence-corrected chi connectivity index (χ3v) is 8.13. The Labute approximate surface area is 187 Å². The van der Waals surface area contributed by atoms with E-state index in [1.165, 1.54) is 13.8 Å². The zero-order valence-corrected chi connectivity index (χ0v) is 19.4. The van der Waals surface area contributed by atoms with Crippen LogP contribution in [0.2, 0.25) is 0 Å². The Bertz CT molecular complexity index is 902. The fourth-order valence-electron chi connectivity index (χ4n) is 6.94. The quantitative estimate of drug-likeness (QED) is 0.303. The molecule has 8 nitrogen and oxygen atoms in total.